The first-order chi connectivity index (χ1) is 6.77. The molecule has 0 aromatic carbocycles. The lowest BCUT2D eigenvalue weighted by molar-refractivity contribution is 0.426. The topological polar surface area (TPSA) is 84.1 Å². The third-order valence-electron chi connectivity index (χ3n) is 1.68. The van der Waals surface area contributed by atoms with E-state index in [-0.39, 0.29) is 0 Å². The van der Waals surface area contributed by atoms with Crippen LogP contribution in [-0.2, 0) is 0 Å². The summed E-state index contributed by atoms with van der Waals surface area (Å²) < 4.78 is 1.42. The Balaban J connectivity index is 2.34. The van der Waals surface area contributed by atoms with E-state index < -0.39 is 7.12 Å². The van der Waals surface area contributed by atoms with Crippen LogP contribution in [0.3, 0.4) is 0 Å². The predicted octanol–water partition coefficient (Wildman–Crippen LogP) is -1.66. The molecule has 7 heteroatoms. The van der Waals surface area contributed by atoms with E-state index in [1.54, 1.807) is 6.20 Å². The zero-order valence-electron chi connectivity index (χ0n) is 7.15. The zero-order valence-corrected chi connectivity index (χ0v) is 7.15. The number of rotatable bonds is 2. The Morgan fingerprint density at radius 1 is 1.21 bits per heavy atom. The van der Waals surface area contributed by atoms with Gasteiger partial charge in [-0.15, -0.1) is 0 Å². The molecule has 2 aromatic heterocycles. The summed E-state index contributed by atoms with van der Waals surface area (Å²) in [5, 5.41) is 21.6. The third kappa shape index (κ3) is 1.63. The van der Waals surface area contributed by atoms with Gasteiger partial charge >= 0.3 is 7.12 Å². The van der Waals surface area contributed by atoms with Crippen molar-refractivity contribution < 1.29 is 10.0 Å². The van der Waals surface area contributed by atoms with Gasteiger partial charge in [0.15, 0.2) is 5.82 Å². The highest BCUT2D eigenvalue weighted by molar-refractivity contribution is 6.58. The SMILES string of the molecule is OB(O)c1cnn(-c2cnccn2)c1. The molecule has 0 fully saturated rings. The van der Waals surface area contributed by atoms with Crippen LogP contribution in [0.2, 0.25) is 0 Å². The fraction of sp³-hybridized carbons (Fsp3) is 0. The molecule has 70 valence electrons. The highest BCUT2D eigenvalue weighted by Crippen LogP contribution is 1.96. The van der Waals surface area contributed by atoms with Crippen molar-refractivity contribution in [1.29, 1.82) is 0 Å². The van der Waals surface area contributed by atoms with Gasteiger partial charge in [-0.1, -0.05) is 0 Å². The van der Waals surface area contributed by atoms with Gasteiger partial charge < -0.3 is 10.0 Å². The van der Waals surface area contributed by atoms with Crippen LogP contribution in [0.4, 0.5) is 0 Å². The van der Waals surface area contributed by atoms with Crippen LogP contribution in [0, 0.1) is 0 Å². The van der Waals surface area contributed by atoms with Crippen LogP contribution in [0.5, 0.6) is 0 Å². The highest BCUT2D eigenvalue weighted by Gasteiger charge is 2.13. The minimum atomic E-state index is -1.51. The van der Waals surface area contributed by atoms with Gasteiger partial charge in [-0.25, -0.2) is 9.67 Å². The van der Waals surface area contributed by atoms with Crippen molar-refractivity contribution in [1.82, 2.24) is 19.7 Å². The second kappa shape index (κ2) is 3.56. The number of hydrogen-bond acceptors (Lipinski definition) is 5. The molecule has 2 N–H and O–H groups in total. The summed E-state index contributed by atoms with van der Waals surface area (Å²) in [6.07, 6.45) is 7.45. The second-order valence-electron chi connectivity index (χ2n) is 2.66. The van der Waals surface area contributed by atoms with Crippen LogP contribution in [0.1, 0.15) is 0 Å². The van der Waals surface area contributed by atoms with E-state index in [1.165, 1.54) is 29.5 Å². The third-order valence-corrected chi connectivity index (χ3v) is 1.68. The molecule has 0 aliphatic heterocycles. The van der Waals surface area contributed by atoms with Gasteiger partial charge in [-0.05, 0) is 0 Å². The van der Waals surface area contributed by atoms with Crippen LogP contribution < -0.4 is 5.46 Å². The predicted molar refractivity (Wildman–Crippen MR) is 49.0 cm³/mol. The first-order valence-electron chi connectivity index (χ1n) is 3.94. The van der Waals surface area contributed by atoms with Gasteiger partial charge in [0, 0.05) is 30.3 Å². The van der Waals surface area contributed by atoms with Crippen LogP contribution in [0.15, 0.2) is 31.0 Å². The van der Waals surface area contributed by atoms with Crippen LogP contribution in [-0.4, -0.2) is 36.9 Å². The molecule has 14 heavy (non-hydrogen) atoms. The quantitative estimate of drug-likeness (QED) is 0.553. The number of aromatic nitrogens is 4. The average Bonchev–Trinajstić information content (AvgIpc) is 2.68. The van der Waals surface area contributed by atoms with Gasteiger partial charge in [0.05, 0.1) is 6.20 Å². The molecule has 0 aliphatic rings. The van der Waals surface area contributed by atoms with Crippen molar-refractivity contribution in [3.05, 3.63) is 31.0 Å². The van der Waals surface area contributed by atoms with Gasteiger partial charge in [0.25, 0.3) is 0 Å². The first-order valence-corrected chi connectivity index (χ1v) is 3.94. The Hall–Kier alpha value is -1.73. The van der Waals surface area contributed by atoms with E-state index in [2.05, 4.69) is 15.1 Å². The molecule has 0 spiro atoms. The number of hydrogen-bond donors (Lipinski definition) is 2. The molecule has 0 bridgehead atoms. The maximum Gasteiger partial charge on any atom is 0.491 e. The summed E-state index contributed by atoms with van der Waals surface area (Å²) >= 11 is 0. The molecule has 6 nitrogen and oxygen atoms in total. The smallest absolute Gasteiger partial charge is 0.423 e. The lowest BCUT2D eigenvalue weighted by Crippen LogP contribution is -2.28. The Bertz CT molecular complexity index is 417. The standard InChI is InChI=1S/C7H7BN4O2/c13-8(14)6-3-11-12(5-6)7-4-9-1-2-10-7/h1-5,13-14H. The van der Waals surface area contributed by atoms with Crippen molar-refractivity contribution in [2.24, 2.45) is 0 Å². The molecule has 0 aliphatic carbocycles. The molecule has 0 unspecified atom stereocenters. The Labute approximate surface area is 80.0 Å². The fourth-order valence-corrected chi connectivity index (χ4v) is 1.00. The van der Waals surface area contributed by atoms with Gasteiger partial charge in [0.2, 0.25) is 0 Å². The van der Waals surface area contributed by atoms with Crippen molar-refractivity contribution in [3.8, 4) is 5.82 Å². The zero-order chi connectivity index (χ0) is 9.97. The lowest BCUT2D eigenvalue weighted by atomic mass is 9.83. The molecule has 2 rings (SSSR count). The molecule has 0 saturated heterocycles. The van der Waals surface area contributed by atoms with Gasteiger partial charge in [-0.2, -0.15) is 5.10 Å². The minimum absolute atomic E-state index is 0.315. The summed E-state index contributed by atoms with van der Waals surface area (Å²) in [7, 11) is -1.51. The highest BCUT2D eigenvalue weighted by atomic mass is 16.4. The van der Waals surface area contributed by atoms with Crippen LogP contribution in [0.25, 0.3) is 5.82 Å². The summed E-state index contributed by atoms with van der Waals surface area (Å²) in [4.78, 5) is 7.86. The van der Waals surface area contributed by atoms with Gasteiger partial charge in [0.1, 0.15) is 0 Å². The Kier molecular flexibility index (Phi) is 2.25. The molecular formula is C7H7BN4O2. The normalized spacial score (nSPS) is 10.1. The van der Waals surface area contributed by atoms with Gasteiger partial charge in [-0.3, -0.25) is 4.98 Å². The second-order valence-corrected chi connectivity index (χ2v) is 2.66. The maximum atomic E-state index is 8.85. The Morgan fingerprint density at radius 2 is 2.07 bits per heavy atom. The summed E-state index contributed by atoms with van der Waals surface area (Å²) in [6, 6.07) is 0. The number of nitrogens with zero attached hydrogens (tertiary/aromatic N) is 4. The largest absolute Gasteiger partial charge is 0.491 e. The molecular weight excluding hydrogens is 183 g/mol. The monoisotopic (exact) mass is 190 g/mol. The van der Waals surface area contributed by atoms with Crippen LogP contribution >= 0.6 is 0 Å². The van der Waals surface area contributed by atoms with Crippen molar-refractivity contribution in [3.63, 3.8) is 0 Å². The molecule has 0 amide bonds. The fourth-order valence-electron chi connectivity index (χ4n) is 1.00. The lowest BCUT2D eigenvalue weighted by Gasteiger charge is -1.96. The first kappa shape index (κ1) is 8.85. The molecule has 2 aromatic rings. The van der Waals surface area contributed by atoms with Crippen molar-refractivity contribution >= 4 is 12.6 Å². The molecule has 2 heterocycles. The summed E-state index contributed by atoms with van der Waals surface area (Å²) in [6.45, 7) is 0. The van der Waals surface area contributed by atoms with E-state index in [4.69, 9.17) is 10.0 Å². The van der Waals surface area contributed by atoms with E-state index in [0.717, 1.165) is 0 Å². The maximum absolute atomic E-state index is 8.85. The summed E-state index contributed by atoms with van der Waals surface area (Å²) in [5.74, 6) is 0.527. The molecule has 0 saturated carbocycles. The van der Waals surface area contributed by atoms with E-state index in [0.29, 0.717) is 11.3 Å². The summed E-state index contributed by atoms with van der Waals surface area (Å²) in [5.41, 5.74) is 0.315. The van der Waals surface area contributed by atoms with Crippen molar-refractivity contribution in [2.75, 3.05) is 0 Å². The molecule has 0 radical (unpaired) electrons. The molecule has 0 atom stereocenters. The van der Waals surface area contributed by atoms with Crippen molar-refractivity contribution in [2.45, 2.75) is 0 Å². The average molecular weight is 190 g/mol. The van der Waals surface area contributed by atoms with E-state index in [9.17, 15) is 0 Å². The Morgan fingerprint density at radius 3 is 2.64 bits per heavy atom. The van der Waals surface area contributed by atoms with E-state index in [1.807, 2.05) is 0 Å². The minimum Gasteiger partial charge on any atom is -0.423 e. The van der Waals surface area contributed by atoms with E-state index >= 15 is 0 Å².